The Bertz CT molecular complexity index is 634. The van der Waals surface area contributed by atoms with Crippen molar-refractivity contribution in [2.24, 2.45) is 0 Å². The van der Waals surface area contributed by atoms with E-state index in [1.165, 1.54) is 25.1 Å². The van der Waals surface area contributed by atoms with Crippen LogP contribution in [0.15, 0.2) is 15.9 Å². The Hall–Kier alpha value is -0.830. The number of thiophene rings is 1. The van der Waals surface area contributed by atoms with Gasteiger partial charge in [0.25, 0.3) is 5.91 Å². The van der Waals surface area contributed by atoms with E-state index in [1.807, 2.05) is 11.8 Å². The van der Waals surface area contributed by atoms with Crippen molar-refractivity contribution in [3.8, 4) is 0 Å². The number of hydrogen-bond donors (Lipinski definition) is 1. The standard InChI is InChI=1S/C13H15BrN4OS2/c1-9-12(21-16-15-9)13(19)18-6-4-17(5-7-18)8-10-2-3-11(14)20-10/h2-3H,4-8H2,1H3/p+1. The van der Waals surface area contributed by atoms with E-state index in [4.69, 9.17) is 0 Å². The lowest BCUT2D eigenvalue weighted by Gasteiger charge is -2.31. The van der Waals surface area contributed by atoms with Crippen LogP contribution in [0.4, 0.5) is 0 Å². The molecule has 21 heavy (non-hydrogen) atoms. The number of aromatic nitrogens is 2. The maximum atomic E-state index is 12.4. The van der Waals surface area contributed by atoms with E-state index in [0.717, 1.165) is 38.4 Å². The Kier molecular flexibility index (Phi) is 4.68. The highest BCUT2D eigenvalue weighted by Crippen LogP contribution is 2.21. The third-order valence-electron chi connectivity index (χ3n) is 3.66. The second-order valence-electron chi connectivity index (χ2n) is 5.11. The quantitative estimate of drug-likeness (QED) is 0.860. The normalized spacial score (nSPS) is 16.4. The molecule has 0 spiro atoms. The molecule has 8 heteroatoms. The Balaban J connectivity index is 1.55. The Labute approximate surface area is 139 Å². The molecule has 0 aromatic carbocycles. The minimum Gasteiger partial charge on any atom is -0.328 e. The number of carbonyl (C=O) groups excluding carboxylic acids is 1. The van der Waals surface area contributed by atoms with Gasteiger partial charge >= 0.3 is 0 Å². The van der Waals surface area contributed by atoms with Crippen LogP contribution in [0.3, 0.4) is 0 Å². The van der Waals surface area contributed by atoms with Gasteiger partial charge in [0.2, 0.25) is 0 Å². The fraction of sp³-hybridized carbons (Fsp3) is 0.462. The zero-order valence-electron chi connectivity index (χ0n) is 11.6. The summed E-state index contributed by atoms with van der Waals surface area (Å²) >= 11 is 6.48. The van der Waals surface area contributed by atoms with Crippen molar-refractivity contribution in [2.75, 3.05) is 26.2 Å². The Morgan fingerprint density at radius 3 is 2.76 bits per heavy atom. The zero-order valence-corrected chi connectivity index (χ0v) is 14.9. The van der Waals surface area contributed by atoms with Gasteiger partial charge in [-0.2, -0.15) is 0 Å². The van der Waals surface area contributed by atoms with E-state index in [0.29, 0.717) is 4.88 Å². The van der Waals surface area contributed by atoms with Crippen LogP contribution in [0, 0.1) is 6.92 Å². The van der Waals surface area contributed by atoms with Crippen LogP contribution >= 0.6 is 38.8 Å². The van der Waals surface area contributed by atoms with Gasteiger partial charge in [0, 0.05) is 0 Å². The number of amides is 1. The largest absolute Gasteiger partial charge is 0.328 e. The summed E-state index contributed by atoms with van der Waals surface area (Å²) in [6, 6.07) is 4.27. The number of quaternary nitrogens is 1. The number of nitrogens with zero attached hydrogens (tertiary/aromatic N) is 3. The van der Waals surface area contributed by atoms with Crippen LogP contribution in [-0.4, -0.2) is 46.6 Å². The summed E-state index contributed by atoms with van der Waals surface area (Å²) in [5, 5.41) is 3.92. The van der Waals surface area contributed by atoms with Crippen molar-refractivity contribution in [1.82, 2.24) is 14.5 Å². The van der Waals surface area contributed by atoms with Crippen molar-refractivity contribution in [2.45, 2.75) is 13.5 Å². The van der Waals surface area contributed by atoms with Gasteiger partial charge in [0.15, 0.2) is 0 Å². The number of halogens is 1. The molecule has 0 aliphatic carbocycles. The fourth-order valence-corrected chi connectivity index (χ4v) is 4.65. The summed E-state index contributed by atoms with van der Waals surface area (Å²) in [5.41, 5.74) is 0.739. The molecule has 0 radical (unpaired) electrons. The average Bonchev–Trinajstić information content (AvgIpc) is 3.08. The molecule has 1 fully saturated rings. The highest BCUT2D eigenvalue weighted by molar-refractivity contribution is 9.11. The number of rotatable bonds is 3. The van der Waals surface area contributed by atoms with E-state index >= 15 is 0 Å². The molecule has 0 saturated carbocycles. The number of hydrogen-bond acceptors (Lipinski definition) is 5. The summed E-state index contributed by atoms with van der Waals surface area (Å²) in [5.74, 6) is 0.0837. The minimum absolute atomic E-state index is 0.0837. The molecule has 1 amide bonds. The first-order valence-electron chi connectivity index (χ1n) is 6.79. The lowest BCUT2D eigenvalue weighted by atomic mass is 10.2. The van der Waals surface area contributed by atoms with Gasteiger partial charge in [0.05, 0.1) is 40.5 Å². The summed E-state index contributed by atoms with van der Waals surface area (Å²) in [6.07, 6.45) is 0. The average molecular weight is 388 g/mol. The molecule has 1 aliphatic rings. The number of piperazine rings is 1. The molecule has 1 N–H and O–H groups in total. The van der Waals surface area contributed by atoms with Crippen LogP contribution in [0.5, 0.6) is 0 Å². The van der Waals surface area contributed by atoms with Gasteiger partial charge in [-0.3, -0.25) is 4.79 Å². The number of aryl methyl sites for hydroxylation is 1. The highest BCUT2D eigenvalue weighted by atomic mass is 79.9. The molecule has 1 aliphatic heterocycles. The Morgan fingerprint density at radius 1 is 1.43 bits per heavy atom. The van der Waals surface area contributed by atoms with Gasteiger partial charge in [-0.25, -0.2) is 0 Å². The zero-order chi connectivity index (χ0) is 14.8. The van der Waals surface area contributed by atoms with Gasteiger partial charge in [-0.05, 0) is 46.5 Å². The second-order valence-corrected chi connectivity index (χ2v) is 8.41. The summed E-state index contributed by atoms with van der Waals surface area (Å²) in [7, 11) is 0. The fourth-order valence-electron chi connectivity index (χ4n) is 2.47. The molecule has 3 heterocycles. The lowest BCUT2D eigenvalue weighted by Crippen LogP contribution is -3.13. The first-order valence-corrected chi connectivity index (χ1v) is 9.18. The maximum absolute atomic E-state index is 12.4. The van der Waals surface area contributed by atoms with E-state index in [1.54, 1.807) is 11.3 Å². The van der Waals surface area contributed by atoms with E-state index < -0.39 is 0 Å². The van der Waals surface area contributed by atoms with Gasteiger partial charge in [-0.15, -0.1) is 16.4 Å². The molecular weight excluding hydrogens is 372 g/mol. The molecule has 0 bridgehead atoms. The van der Waals surface area contributed by atoms with Crippen molar-refractivity contribution >= 4 is 44.7 Å². The van der Waals surface area contributed by atoms with Crippen molar-refractivity contribution < 1.29 is 9.69 Å². The maximum Gasteiger partial charge on any atom is 0.267 e. The van der Waals surface area contributed by atoms with Crippen LogP contribution in [-0.2, 0) is 6.54 Å². The SMILES string of the molecule is Cc1nnsc1C(=O)N1CC[NH+](Cc2ccc(Br)s2)CC1. The van der Waals surface area contributed by atoms with Crippen molar-refractivity contribution in [1.29, 1.82) is 0 Å². The van der Waals surface area contributed by atoms with Gasteiger partial charge < -0.3 is 9.80 Å². The molecular formula is C13H16BrN4OS2+. The summed E-state index contributed by atoms with van der Waals surface area (Å²) in [4.78, 5) is 17.9. The Morgan fingerprint density at radius 2 is 2.19 bits per heavy atom. The lowest BCUT2D eigenvalue weighted by molar-refractivity contribution is -0.917. The smallest absolute Gasteiger partial charge is 0.267 e. The molecule has 1 saturated heterocycles. The third kappa shape index (κ3) is 3.50. The molecule has 5 nitrogen and oxygen atoms in total. The molecule has 0 unspecified atom stereocenters. The van der Waals surface area contributed by atoms with E-state index in [-0.39, 0.29) is 5.91 Å². The van der Waals surface area contributed by atoms with Crippen LogP contribution in [0.25, 0.3) is 0 Å². The summed E-state index contributed by atoms with van der Waals surface area (Å²) < 4.78 is 5.03. The van der Waals surface area contributed by atoms with Gasteiger partial charge in [-0.1, -0.05) is 4.49 Å². The highest BCUT2D eigenvalue weighted by Gasteiger charge is 2.27. The topological polar surface area (TPSA) is 50.5 Å². The molecule has 3 rings (SSSR count). The van der Waals surface area contributed by atoms with E-state index in [9.17, 15) is 4.79 Å². The van der Waals surface area contributed by atoms with Crippen molar-refractivity contribution in [3.63, 3.8) is 0 Å². The monoisotopic (exact) mass is 387 g/mol. The first-order chi connectivity index (χ1) is 10.1. The van der Waals surface area contributed by atoms with Crippen molar-refractivity contribution in [3.05, 3.63) is 31.4 Å². The van der Waals surface area contributed by atoms with Gasteiger partial charge in [0.1, 0.15) is 11.4 Å². The number of carbonyl (C=O) groups is 1. The molecule has 2 aromatic rings. The molecule has 2 aromatic heterocycles. The third-order valence-corrected chi connectivity index (χ3v) is 6.10. The first kappa shape index (κ1) is 15.1. The van der Waals surface area contributed by atoms with Crippen LogP contribution in [0.2, 0.25) is 0 Å². The second kappa shape index (κ2) is 6.51. The number of nitrogens with one attached hydrogen (secondary N) is 1. The predicted molar refractivity (Wildman–Crippen MR) is 87.0 cm³/mol. The minimum atomic E-state index is 0.0837. The van der Waals surface area contributed by atoms with Crippen LogP contribution in [0.1, 0.15) is 20.2 Å². The summed E-state index contributed by atoms with van der Waals surface area (Å²) in [6.45, 7) is 6.47. The van der Waals surface area contributed by atoms with E-state index in [2.05, 4.69) is 37.6 Å². The molecule has 112 valence electrons. The predicted octanol–water partition coefficient (Wildman–Crippen LogP) is 1.21. The molecule has 0 atom stereocenters. The van der Waals surface area contributed by atoms with Crippen LogP contribution < -0.4 is 4.90 Å².